The number of hydrogen-bond donors (Lipinski definition) is 2. The van der Waals surface area contributed by atoms with E-state index in [2.05, 4.69) is 32.3 Å². The minimum absolute atomic E-state index is 0.218. The summed E-state index contributed by atoms with van der Waals surface area (Å²) in [7, 11) is 1.49. The molecule has 2 fully saturated rings. The van der Waals surface area contributed by atoms with Crippen molar-refractivity contribution in [3.63, 3.8) is 0 Å². The van der Waals surface area contributed by atoms with E-state index in [0.29, 0.717) is 56.9 Å². The van der Waals surface area contributed by atoms with Gasteiger partial charge in [0.15, 0.2) is 5.01 Å². The van der Waals surface area contributed by atoms with Crippen LogP contribution in [0.2, 0.25) is 5.15 Å². The fourth-order valence-electron chi connectivity index (χ4n) is 3.68. The molecule has 2 aromatic heterocycles. The van der Waals surface area contributed by atoms with Gasteiger partial charge in [-0.1, -0.05) is 34.9 Å². The SMILES string of the molecule is COc1cnc(Cl)cc1-c1cc(C2(C(=O)O)CC2)ccc1C(=O)Nc1nnc(C#CC2CC2)s1. The Balaban J connectivity index is 1.52. The molecule has 34 heavy (non-hydrogen) atoms. The highest BCUT2D eigenvalue weighted by molar-refractivity contribution is 7.15. The lowest BCUT2D eigenvalue weighted by Crippen LogP contribution is -2.20. The summed E-state index contributed by atoms with van der Waals surface area (Å²) in [5.74, 6) is 5.65. The summed E-state index contributed by atoms with van der Waals surface area (Å²) in [6, 6.07) is 6.61. The Kier molecular flexibility index (Phi) is 5.71. The quantitative estimate of drug-likeness (QED) is 0.385. The zero-order valence-electron chi connectivity index (χ0n) is 18.1. The van der Waals surface area contributed by atoms with Gasteiger partial charge in [-0.25, -0.2) is 4.98 Å². The van der Waals surface area contributed by atoms with E-state index in [1.165, 1.54) is 24.6 Å². The van der Waals surface area contributed by atoms with Gasteiger partial charge in [-0.05, 0) is 60.9 Å². The molecule has 10 heteroatoms. The predicted molar refractivity (Wildman–Crippen MR) is 127 cm³/mol. The number of nitrogens with one attached hydrogen (secondary N) is 1. The number of nitrogens with zero attached hydrogens (tertiary/aromatic N) is 3. The lowest BCUT2D eigenvalue weighted by Gasteiger charge is -2.17. The summed E-state index contributed by atoms with van der Waals surface area (Å²) in [5.41, 5.74) is 1.01. The Morgan fingerprint density at radius 3 is 2.71 bits per heavy atom. The lowest BCUT2D eigenvalue weighted by atomic mass is 9.89. The second-order valence-corrected chi connectivity index (χ2v) is 9.63. The second-order valence-electron chi connectivity index (χ2n) is 8.27. The molecule has 2 heterocycles. The van der Waals surface area contributed by atoms with Crippen LogP contribution in [0.4, 0.5) is 5.13 Å². The number of rotatable bonds is 6. The monoisotopic (exact) mass is 494 g/mol. The van der Waals surface area contributed by atoms with E-state index in [4.69, 9.17) is 16.3 Å². The molecular weight excluding hydrogens is 476 g/mol. The van der Waals surface area contributed by atoms with Gasteiger partial charge in [-0.15, -0.1) is 10.2 Å². The lowest BCUT2D eigenvalue weighted by molar-refractivity contribution is -0.140. The molecule has 1 amide bonds. The summed E-state index contributed by atoms with van der Waals surface area (Å²) in [6.07, 6.45) is 4.76. The summed E-state index contributed by atoms with van der Waals surface area (Å²) in [4.78, 5) is 29.2. The fraction of sp³-hybridized carbons (Fsp3) is 0.292. The number of carboxylic acids is 1. The molecule has 0 radical (unpaired) electrons. The molecule has 8 nitrogen and oxygen atoms in total. The standard InChI is InChI=1S/C24H19ClN4O4S/c1-33-18-12-26-19(25)11-17(18)16-10-14(24(8-9-24)22(31)32)5-6-15(16)21(30)27-23-29-28-20(34-23)7-4-13-2-3-13/h5-6,10-13H,2-3,8-9H2,1H3,(H,31,32)(H,27,29,30). The highest BCUT2D eigenvalue weighted by atomic mass is 35.5. The predicted octanol–water partition coefficient (Wildman–Crippen LogP) is 4.39. The number of methoxy groups -OCH3 is 1. The first-order valence-corrected chi connectivity index (χ1v) is 11.8. The number of pyridine rings is 1. The van der Waals surface area contributed by atoms with Crippen LogP contribution in [0.3, 0.4) is 0 Å². The number of anilines is 1. The van der Waals surface area contributed by atoms with E-state index in [-0.39, 0.29) is 5.15 Å². The molecule has 0 saturated heterocycles. The van der Waals surface area contributed by atoms with Gasteiger partial charge in [-0.2, -0.15) is 0 Å². The Morgan fingerprint density at radius 2 is 2.03 bits per heavy atom. The molecule has 1 aromatic carbocycles. The molecule has 2 N–H and O–H groups in total. The van der Waals surface area contributed by atoms with Crippen molar-refractivity contribution in [2.75, 3.05) is 12.4 Å². The zero-order chi connectivity index (χ0) is 23.9. The minimum atomic E-state index is -0.942. The molecule has 2 saturated carbocycles. The average Bonchev–Trinajstić information content (AvgIpc) is 3.76. The van der Waals surface area contributed by atoms with E-state index < -0.39 is 17.3 Å². The van der Waals surface area contributed by atoms with Crippen LogP contribution in [-0.2, 0) is 10.2 Å². The molecule has 2 aliphatic rings. The van der Waals surface area contributed by atoms with Crippen LogP contribution in [0.5, 0.6) is 5.75 Å². The normalized spacial score (nSPS) is 15.7. The van der Waals surface area contributed by atoms with Gasteiger partial charge < -0.3 is 9.84 Å². The smallest absolute Gasteiger partial charge is 0.314 e. The van der Waals surface area contributed by atoms with Crippen molar-refractivity contribution < 1.29 is 19.4 Å². The van der Waals surface area contributed by atoms with E-state index in [9.17, 15) is 14.7 Å². The molecule has 0 aliphatic heterocycles. The molecule has 5 rings (SSSR count). The molecule has 3 aromatic rings. The number of ether oxygens (including phenoxy) is 1. The van der Waals surface area contributed by atoms with E-state index in [1.807, 2.05) is 0 Å². The van der Waals surface area contributed by atoms with Crippen LogP contribution in [0.15, 0.2) is 30.5 Å². The molecule has 0 spiro atoms. The van der Waals surface area contributed by atoms with Gasteiger partial charge in [0.25, 0.3) is 5.91 Å². The maximum absolute atomic E-state index is 13.3. The van der Waals surface area contributed by atoms with Gasteiger partial charge in [0, 0.05) is 17.0 Å². The zero-order valence-corrected chi connectivity index (χ0v) is 19.7. The summed E-state index contributed by atoms with van der Waals surface area (Å²) >= 11 is 7.34. The van der Waals surface area contributed by atoms with Crippen LogP contribution in [0.25, 0.3) is 11.1 Å². The van der Waals surface area contributed by atoms with Crippen molar-refractivity contribution >= 4 is 39.9 Å². The van der Waals surface area contributed by atoms with Gasteiger partial charge in [0.2, 0.25) is 5.13 Å². The number of benzene rings is 1. The average molecular weight is 495 g/mol. The van der Waals surface area contributed by atoms with E-state index in [0.717, 1.165) is 12.8 Å². The van der Waals surface area contributed by atoms with Gasteiger partial charge in [0.05, 0.1) is 18.7 Å². The van der Waals surface area contributed by atoms with Gasteiger partial charge in [0.1, 0.15) is 10.9 Å². The molecular formula is C24H19ClN4O4S. The summed E-state index contributed by atoms with van der Waals surface area (Å²) in [5, 5.41) is 21.7. The number of amides is 1. The third-order valence-corrected chi connectivity index (χ3v) is 6.89. The molecule has 0 bridgehead atoms. The van der Waals surface area contributed by atoms with E-state index in [1.54, 1.807) is 24.3 Å². The van der Waals surface area contributed by atoms with Crippen LogP contribution >= 0.6 is 22.9 Å². The minimum Gasteiger partial charge on any atom is -0.494 e. The van der Waals surface area contributed by atoms with Crippen molar-refractivity contribution in [1.82, 2.24) is 15.2 Å². The number of carboxylic acid groups (broad SMARTS) is 1. The van der Waals surface area contributed by atoms with Crippen LogP contribution < -0.4 is 10.1 Å². The van der Waals surface area contributed by atoms with Crippen LogP contribution in [0, 0.1) is 17.8 Å². The first kappa shape index (κ1) is 22.3. The Bertz CT molecular complexity index is 1370. The van der Waals surface area contributed by atoms with Crippen molar-refractivity contribution in [2.24, 2.45) is 5.92 Å². The number of carbonyl (C=O) groups is 2. The van der Waals surface area contributed by atoms with Crippen LogP contribution in [0.1, 0.15) is 46.6 Å². The number of carbonyl (C=O) groups excluding carboxylic acids is 1. The summed E-state index contributed by atoms with van der Waals surface area (Å²) in [6.45, 7) is 0. The van der Waals surface area contributed by atoms with Crippen molar-refractivity contribution in [3.05, 3.63) is 51.7 Å². The number of halogens is 1. The maximum Gasteiger partial charge on any atom is 0.314 e. The van der Waals surface area contributed by atoms with Crippen molar-refractivity contribution in [3.8, 4) is 28.7 Å². The molecule has 0 atom stereocenters. The Hall–Kier alpha value is -3.48. The van der Waals surface area contributed by atoms with Gasteiger partial charge >= 0.3 is 5.97 Å². The number of aliphatic carboxylic acids is 1. The highest BCUT2D eigenvalue weighted by Crippen LogP contribution is 2.50. The van der Waals surface area contributed by atoms with Gasteiger partial charge in [-0.3, -0.25) is 14.9 Å². The van der Waals surface area contributed by atoms with Crippen molar-refractivity contribution in [1.29, 1.82) is 0 Å². The van der Waals surface area contributed by atoms with Crippen molar-refractivity contribution in [2.45, 2.75) is 31.1 Å². The second kappa shape index (κ2) is 8.70. The molecule has 172 valence electrons. The third kappa shape index (κ3) is 4.34. The largest absolute Gasteiger partial charge is 0.494 e. The first-order valence-electron chi connectivity index (χ1n) is 10.6. The molecule has 0 unspecified atom stereocenters. The number of hydrogen-bond acceptors (Lipinski definition) is 7. The highest BCUT2D eigenvalue weighted by Gasteiger charge is 2.52. The Labute approximate surface area is 204 Å². The van der Waals surface area contributed by atoms with E-state index >= 15 is 0 Å². The fourth-order valence-corrected chi connectivity index (χ4v) is 4.44. The van der Waals surface area contributed by atoms with Crippen LogP contribution in [-0.4, -0.2) is 39.3 Å². The number of aromatic nitrogens is 3. The topological polar surface area (TPSA) is 114 Å². The molecule has 2 aliphatic carbocycles. The first-order chi connectivity index (χ1) is 16.4. The third-order valence-electron chi connectivity index (χ3n) is 5.93. The maximum atomic E-state index is 13.3. The Morgan fingerprint density at radius 1 is 1.24 bits per heavy atom. The summed E-state index contributed by atoms with van der Waals surface area (Å²) < 4.78 is 5.45.